The van der Waals surface area contributed by atoms with Crippen molar-refractivity contribution in [1.29, 1.82) is 0 Å². The molecule has 14 heavy (non-hydrogen) atoms. The van der Waals surface area contributed by atoms with E-state index in [1.165, 1.54) is 0 Å². The molecule has 0 aliphatic rings. The van der Waals surface area contributed by atoms with Gasteiger partial charge in [-0.05, 0) is 27.9 Å². The maximum Gasteiger partial charge on any atom is 0.243 e. The molecule has 0 aromatic heterocycles. The van der Waals surface area contributed by atoms with Crippen molar-refractivity contribution in [1.82, 2.24) is 10.2 Å². The molecule has 0 aromatic carbocycles. The summed E-state index contributed by atoms with van der Waals surface area (Å²) in [6.45, 7) is 8.68. The van der Waals surface area contributed by atoms with Gasteiger partial charge >= 0.3 is 0 Å². The number of carbonyl (C=O) groups excluding carboxylic acids is 1. The lowest BCUT2D eigenvalue weighted by Crippen LogP contribution is -2.28. The van der Waals surface area contributed by atoms with E-state index in [1.54, 1.807) is 6.08 Å². The summed E-state index contributed by atoms with van der Waals surface area (Å²) in [4.78, 5) is 13.0. The lowest BCUT2D eigenvalue weighted by Gasteiger charge is -2.05. The van der Waals surface area contributed by atoms with Crippen molar-refractivity contribution in [3.8, 4) is 0 Å². The monoisotopic (exact) mass is 200 g/mol. The Hall–Kier alpha value is -0.830. The van der Waals surface area contributed by atoms with E-state index in [0.29, 0.717) is 0 Å². The molecule has 0 aliphatic heterocycles. The Morgan fingerprint density at radius 1 is 1.36 bits per heavy atom. The SMILES string of the molecule is CC.CC(C)NC(=O)/C=C/CN(C)C. The van der Waals surface area contributed by atoms with Crippen LogP contribution in [-0.2, 0) is 4.79 Å². The smallest absolute Gasteiger partial charge is 0.243 e. The molecule has 0 saturated carbocycles. The number of amides is 1. The molecule has 0 heterocycles. The quantitative estimate of drug-likeness (QED) is 0.700. The molecule has 1 N–H and O–H groups in total. The maximum atomic E-state index is 11.0. The summed E-state index contributed by atoms with van der Waals surface area (Å²) in [6.07, 6.45) is 3.41. The first-order valence-corrected chi connectivity index (χ1v) is 5.14. The lowest BCUT2D eigenvalue weighted by atomic mass is 10.3. The van der Waals surface area contributed by atoms with Crippen LogP contribution in [0, 0.1) is 0 Å². The van der Waals surface area contributed by atoms with Crippen molar-refractivity contribution >= 4 is 5.91 Å². The minimum atomic E-state index is -0.0214. The predicted molar refractivity (Wildman–Crippen MR) is 62.3 cm³/mol. The van der Waals surface area contributed by atoms with E-state index in [-0.39, 0.29) is 11.9 Å². The van der Waals surface area contributed by atoms with Crippen LogP contribution in [0.1, 0.15) is 27.7 Å². The molecule has 0 radical (unpaired) electrons. The van der Waals surface area contributed by atoms with Crippen LogP contribution in [0.2, 0.25) is 0 Å². The predicted octanol–water partition coefficient (Wildman–Crippen LogP) is 1.65. The van der Waals surface area contributed by atoms with Crippen LogP contribution in [-0.4, -0.2) is 37.5 Å². The zero-order valence-electron chi connectivity index (χ0n) is 10.3. The first-order valence-electron chi connectivity index (χ1n) is 5.14. The summed E-state index contributed by atoms with van der Waals surface area (Å²) in [6, 6.07) is 0.210. The molecule has 0 bridgehead atoms. The topological polar surface area (TPSA) is 32.3 Å². The van der Waals surface area contributed by atoms with Crippen LogP contribution < -0.4 is 5.32 Å². The van der Waals surface area contributed by atoms with E-state index in [4.69, 9.17) is 0 Å². The zero-order chi connectivity index (χ0) is 11.6. The Labute approximate surface area is 88.2 Å². The van der Waals surface area contributed by atoms with E-state index in [1.807, 2.05) is 52.8 Å². The molecular weight excluding hydrogens is 176 g/mol. The minimum absolute atomic E-state index is 0.0214. The molecule has 0 aromatic rings. The largest absolute Gasteiger partial charge is 0.350 e. The third-order valence-corrected chi connectivity index (χ3v) is 1.17. The molecule has 0 fully saturated rings. The molecule has 3 nitrogen and oxygen atoms in total. The van der Waals surface area contributed by atoms with Crippen LogP contribution in [0.25, 0.3) is 0 Å². The summed E-state index contributed by atoms with van der Waals surface area (Å²) in [5.41, 5.74) is 0. The molecule has 1 amide bonds. The van der Waals surface area contributed by atoms with Gasteiger partial charge in [-0.3, -0.25) is 4.79 Å². The van der Waals surface area contributed by atoms with E-state index < -0.39 is 0 Å². The normalized spacial score (nSPS) is 10.3. The van der Waals surface area contributed by atoms with Gasteiger partial charge in [0.2, 0.25) is 5.91 Å². The third-order valence-electron chi connectivity index (χ3n) is 1.17. The van der Waals surface area contributed by atoms with Gasteiger partial charge in [0.1, 0.15) is 0 Å². The minimum Gasteiger partial charge on any atom is -0.350 e. The van der Waals surface area contributed by atoms with Gasteiger partial charge in [0.25, 0.3) is 0 Å². The van der Waals surface area contributed by atoms with Gasteiger partial charge in [-0.25, -0.2) is 0 Å². The Kier molecular flexibility index (Phi) is 11.4. The molecule has 0 spiro atoms. The second-order valence-electron chi connectivity index (χ2n) is 3.33. The van der Waals surface area contributed by atoms with Crippen molar-refractivity contribution in [3.05, 3.63) is 12.2 Å². The second-order valence-corrected chi connectivity index (χ2v) is 3.33. The number of nitrogens with one attached hydrogen (secondary N) is 1. The van der Waals surface area contributed by atoms with Crippen LogP contribution in [0.3, 0.4) is 0 Å². The molecular formula is C11H24N2O. The Morgan fingerprint density at radius 3 is 2.21 bits per heavy atom. The number of hydrogen-bond acceptors (Lipinski definition) is 2. The lowest BCUT2D eigenvalue weighted by molar-refractivity contribution is -0.116. The molecule has 3 heteroatoms. The fourth-order valence-corrected chi connectivity index (χ4v) is 0.703. The standard InChI is InChI=1S/C9H18N2O.C2H6/c1-8(2)10-9(12)6-5-7-11(3)4;1-2/h5-6,8H,7H2,1-4H3,(H,10,12);1-2H3/b6-5+;. The van der Waals surface area contributed by atoms with Gasteiger partial charge in [-0.1, -0.05) is 19.9 Å². The summed E-state index contributed by atoms with van der Waals surface area (Å²) >= 11 is 0. The molecule has 0 atom stereocenters. The number of hydrogen-bond donors (Lipinski definition) is 1. The van der Waals surface area contributed by atoms with Gasteiger partial charge in [-0.2, -0.15) is 0 Å². The average Bonchev–Trinajstić information content (AvgIpc) is 2.05. The van der Waals surface area contributed by atoms with Crippen LogP contribution in [0.5, 0.6) is 0 Å². The van der Waals surface area contributed by atoms with Crippen LogP contribution >= 0.6 is 0 Å². The number of carbonyl (C=O) groups is 1. The molecule has 0 rings (SSSR count). The van der Waals surface area contributed by atoms with E-state index in [9.17, 15) is 4.79 Å². The zero-order valence-corrected chi connectivity index (χ0v) is 10.3. The third kappa shape index (κ3) is 13.7. The van der Waals surface area contributed by atoms with Gasteiger partial charge in [-0.15, -0.1) is 0 Å². The van der Waals surface area contributed by atoms with Crippen molar-refractivity contribution in [2.45, 2.75) is 33.7 Å². The van der Waals surface area contributed by atoms with Crippen molar-refractivity contribution in [2.75, 3.05) is 20.6 Å². The first-order chi connectivity index (χ1) is 6.52. The average molecular weight is 200 g/mol. The molecule has 0 unspecified atom stereocenters. The summed E-state index contributed by atoms with van der Waals surface area (Å²) in [5.74, 6) is -0.0214. The van der Waals surface area contributed by atoms with Crippen molar-refractivity contribution < 1.29 is 4.79 Å². The highest BCUT2D eigenvalue weighted by Gasteiger charge is 1.96. The van der Waals surface area contributed by atoms with Crippen LogP contribution in [0.4, 0.5) is 0 Å². The van der Waals surface area contributed by atoms with E-state index in [0.717, 1.165) is 6.54 Å². The fourth-order valence-electron chi connectivity index (χ4n) is 0.703. The fraction of sp³-hybridized carbons (Fsp3) is 0.727. The highest BCUT2D eigenvalue weighted by atomic mass is 16.1. The Balaban J connectivity index is 0. The molecule has 0 saturated heterocycles. The van der Waals surface area contributed by atoms with Gasteiger partial charge in [0, 0.05) is 18.7 Å². The maximum absolute atomic E-state index is 11.0. The van der Waals surface area contributed by atoms with Crippen molar-refractivity contribution in [2.24, 2.45) is 0 Å². The van der Waals surface area contributed by atoms with E-state index in [2.05, 4.69) is 5.32 Å². The Morgan fingerprint density at radius 2 is 1.86 bits per heavy atom. The van der Waals surface area contributed by atoms with Gasteiger partial charge in [0.05, 0.1) is 0 Å². The van der Waals surface area contributed by atoms with Gasteiger partial charge < -0.3 is 10.2 Å². The molecule has 84 valence electrons. The van der Waals surface area contributed by atoms with Gasteiger partial charge in [0.15, 0.2) is 0 Å². The van der Waals surface area contributed by atoms with Crippen molar-refractivity contribution in [3.63, 3.8) is 0 Å². The number of rotatable bonds is 4. The number of likely N-dealkylation sites (N-methyl/N-ethyl adjacent to an activating group) is 1. The second kappa shape index (κ2) is 10.3. The number of nitrogens with zero attached hydrogens (tertiary/aromatic N) is 1. The summed E-state index contributed by atoms with van der Waals surface area (Å²) in [5, 5.41) is 2.77. The van der Waals surface area contributed by atoms with E-state index >= 15 is 0 Å². The summed E-state index contributed by atoms with van der Waals surface area (Å²) in [7, 11) is 3.93. The summed E-state index contributed by atoms with van der Waals surface area (Å²) < 4.78 is 0. The first kappa shape index (κ1) is 15.6. The highest BCUT2D eigenvalue weighted by Crippen LogP contribution is 1.81. The highest BCUT2D eigenvalue weighted by molar-refractivity contribution is 5.87. The Bertz CT molecular complexity index is 163. The van der Waals surface area contributed by atoms with Crippen LogP contribution in [0.15, 0.2) is 12.2 Å². The molecule has 0 aliphatic carbocycles.